The Morgan fingerprint density at radius 3 is 2.95 bits per heavy atom. The molecule has 0 saturated carbocycles. The normalized spacial score (nSPS) is 18.1. The van der Waals surface area contributed by atoms with Crippen molar-refractivity contribution in [2.24, 2.45) is 5.92 Å². The molecule has 1 unspecified atom stereocenters. The minimum absolute atomic E-state index is 0.161. The number of amides is 2. The van der Waals surface area contributed by atoms with E-state index in [1.807, 2.05) is 0 Å². The number of hydrogen-bond donors (Lipinski definition) is 2. The van der Waals surface area contributed by atoms with Crippen molar-refractivity contribution in [3.05, 3.63) is 29.3 Å². The molecule has 0 radical (unpaired) electrons. The molecule has 2 amide bonds. The molecule has 1 aromatic carbocycles. The minimum atomic E-state index is -0.785. The number of carboxylic acids is 1. The molecular formula is C14H17ClN2O3. The van der Waals surface area contributed by atoms with Crippen LogP contribution in [-0.2, 0) is 4.79 Å². The highest BCUT2D eigenvalue weighted by Gasteiger charge is 2.26. The van der Waals surface area contributed by atoms with Crippen molar-refractivity contribution < 1.29 is 14.7 Å². The predicted octanol–water partition coefficient (Wildman–Crippen LogP) is 3.06. The van der Waals surface area contributed by atoms with Gasteiger partial charge in [0.05, 0.1) is 0 Å². The van der Waals surface area contributed by atoms with Gasteiger partial charge in [-0.2, -0.15) is 0 Å². The molecule has 5 nitrogen and oxygen atoms in total. The first-order valence-electron chi connectivity index (χ1n) is 6.58. The van der Waals surface area contributed by atoms with E-state index in [0.717, 1.165) is 6.42 Å². The van der Waals surface area contributed by atoms with Gasteiger partial charge in [-0.1, -0.05) is 17.7 Å². The number of carboxylic acid groups (broad SMARTS) is 1. The quantitative estimate of drug-likeness (QED) is 0.897. The van der Waals surface area contributed by atoms with Crippen molar-refractivity contribution in [1.29, 1.82) is 0 Å². The second-order valence-electron chi connectivity index (χ2n) is 4.97. The van der Waals surface area contributed by atoms with Crippen LogP contribution in [0.3, 0.4) is 0 Å². The van der Waals surface area contributed by atoms with Crippen LogP contribution in [0.1, 0.15) is 19.3 Å². The number of likely N-dealkylation sites (tertiary alicyclic amines) is 1. The summed E-state index contributed by atoms with van der Waals surface area (Å²) in [4.78, 5) is 24.3. The highest BCUT2D eigenvalue weighted by Crippen LogP contribution is 2.22. The number of benzene rings is 1. The van der Waals surface area contributed by atoms with Crippen molar-refractivity contribution in [3.8, 4) is 0 Å². The fourth-order valence-electron chi connectivity index (χ4n) is 2.35. The van der Waals surface area contributed by atoms with E-state index in [1.165, 1.54) is 0 Å². The van der Waals surface area contributed by atoms with Gasteiger partial charge in [0.25, 0.3) is 0 Å². The molecule has 1 heterocycles. The molecule has 0 bridgehead atoms. The number of hydrogen-bond acceptors (Lipinski definition) is 2. The van der Waals surface area contributed by atoms with E-state index >= 15 is 0 Å². The predicted molar refractivity (Wildman–Crippen MR) is 77.0 cm³/mol. The van der Waals surface area contributed by atoms with Gasteiger partial charge in [0.1, 0.15) is 0 Å². The third-order valence-corrected chi connectivity index (χ3v) is 3.65. The van der Waals surface area contributed by atoms with Gasteiger partial charge in [-0.3, -0.25) is 4.79 Å². The van der Waals surface area contributed by atoms with Crippen molar-refractivity contribution in [3.63, 3.8) is 0 Å². The molecule has 0 aromatic heterocycles. The smallest absolute Gasteiger partial charge is 0.321 e. The minimum Gasteiger partial charge on any atom is -0.481 e. The molecule has 108 valence electrons. The lowest BCUT2D eigenvalue weighted by Gasteiger charge is -2.17. The van der Waals surface area contributed by atoms with E-state index in [9.17, 15) is 9.59 Å². The fourth-order valence-corrected chi connectivity index (χ4v) is 2.54. The number of nitrogens with zero attached hydrogens (tertiary/aromatic N) is 1. The average molecular weight is 297 g/mol. The van der Waals surface area contributed by atoms with E-state index < -0.39 is 5.97 Å². The molecule has 2 rings (SSSR count). The molecule has 1 aliphatic rings. The van der Waals surface area contributed by atoms with Crippen molar-refractivity contribution in [2.75, 3.05) is 18.4 Å². The molecule has 0 spiro atoms. The standard InChI is InChI=1S/C14H17ClN2O3/c15-11-2-1-3-12(8-11)16-14(20)17-7-6-10(9-17)4-5-13(18)19/h1-3,8,10H,4-7,9H2,(H,16,20)(H,18,19). The second-order valence-corrected chi connectivity index (χ2v) is 5.41. The van der Waals surface area contributed by atoms with Crippen molar-refractivity contribution >= 4 is 29.3 Å². The van der Waals surface area contributed by atoms with E-state index in [2.05, 4.69) is 5.32 Å². The first kappa shape index (κ1) is 14.7. The Balaban J connectivity index is 1.83. The summed E-state index contributed by atoms with van der Waals surface area (Å²) in [5.41, 5.74) is 0.663. The van der Waals surface area contributed by atoms with Crippen LogP contribution in [0.15, 0.2) is 24.3 Å². The number of carbonyl (C=O) groups is 2. The largest absolute Gasteiger partial charge is 0.481 e. The first-order chi connectivity index (χ1) is 9.54. The summed E-state index contributed by atoms with van der Waals surface area (Å²) in [5.74, 6) is -0.511. The molecule has 1 aromatic rings. The van der Waals surface area contributed by atoms with Crippen LogP contribution in [-0.4, -0.2) is 35.1 Å². The SMILES string of the molecule is O=C(O)CCC1CCN(C(=O)Nc2cccc(Cl)c2)C1. The van der Waals surface area contributed by atoms with Gasteiger partial charge in [0.15, 0.2) is 0 Å². The van der Waals surface area contributed by atoms with Crippen LogP contribution >= 0.6 is 11.6 Å². The summed E-state index contributed by atoms with van der Waals surface area (Å²) < 4.78 is 0. The highest BCUT2D eigenvalue weighted by atomic mass is 35.5. The van der Waals surface area contributed by atoms with E-state index in [0.29, 0.717) is 30.2 Å². The first-order valence-corrected chi connectivity index (χ1v) is 6.95. The Kier molecular flexibility index (Phi) is 4.84. The number of carbonyl (C=O) groups excluding carboxylic acids is 1. The summed E-state index contributed by atoms with van der Waals surface area (Å²) in [6, 6.07) is 6.83. The Labute approximate surface area is 122 Å². The van der Waals surface area contributed by atoms with Crippen molar-refractivity contribution in [2.45, 2.75) is 19.3 Å². The van der Waals surface area contributed by atoms with Gasteiger partial charge in [-0.15, -0.1) is 0 Å². The molecule has 1 fully saturated rings. The fraction of sp³-hybridized carbons (Fsp3) is 0.429. The lowest BCUT2D eigenvalue weighted by atomic mass is 10.0. The van der Waals surface area contributed by atoms with Crippen molar-refractivity contribution in [1.82, 2.24) is 4.90 Å². The second kappa shape index (κ2) is 6.61. The number of aliphatic carboxylic acids is 1. The Bertz CT molecular complexity index is 507. The number of rotatable bonds is 4. The van der Waals surface area contributed by atoms with Gasteiger partial charge in [-0.05, 0) is 37.0 Å². The van der Waals surface area contributed by atoms with Gasteiger partial charge in [-0.25, -0.2) is 4.79 Å². The summed E-state index contributed by atoms with van der Waals surface area (Å²) in [6.07, 6.45) is 1.64. The molecule has 2 N–H and O–H groups in total. The molecule has 1 atom stereocenters. The number of halogens is 1. The molecule has 6 heteroatoms. The maximum Gasteiger partial charge on any atom is 0.321 e. The molecule has 1 aliphatic heterocycles. The van der Waals surface area contributed by atoms with E-state index in [1.54, 1.807) is 29.2 Å². The van der Waals surface area contributed by atoms with Gasteiger partial charge >= 0.3 is 12.0 Å². The summed E-state index contributed by atoms with van der Waals surface area (Å²) in [5, 5.41) is 12.0. The highest BCUT2D eigenvalue weighted by molar-refractivity contribution is 6.30. The summed E-state index contributed by atoms with van der Waals surface area (Å²) in [6.45, 7) is 1.27. The van der Waals surface area contributed by atoms with E-state index in [-0.39, 0.29) is 18.4 Å². The molecule has 20 heavy (non-hydrogen) atoms. The number of nitrogens with one attached hydrogen (secondary N) is 1. The van der Waals surface area contributed by atoms with Crippen LogP contribution in [0.25, 0.3) is 0 Å². The Hall–Kier alpha value is -1.75. The zero-order valence-corrected chi connectivity index (χ0v) is 11.8. The van der Waals surface area contributed by atoms with Gasteiger partial charge in [0, 0.05) is 30.2 Å². The zero-order chi connectivity index (χ0) is 14.5. The third-order valence-electron chi connectivity index (χ3n) is 3.42. The van der Waals surface area contributed by atoms with Crippen LogP contribution in [0.5, 0.6) is 0 Å². The van der Waals surface area contributed by atoms with Gasteiger partial charge in [0.2, 0.25) is 0 Å². The van der Waals surface area contributed by atoms with Crippen LogP contribution < -0.4 is 5.32 Å². The Morgan fingerprint density at radius 1 is 1.45 bits per heavy atom. The van der Waals surface area contributed by atoms with Crippen LogP contribution in [0.2, 0.25) is 5.02 Å². The summed E-state index contributed by atoms with van der Waals surface area (Å²) >= 11 is 5.86. The lowest BCUT2D eigenvalue weighted by molar-refractivity contribution is -0.137. The average Bonchev–Trinajstić information content (AvgIpc) is 2.85. The zero-order valence-electron chi connectivity index (χ0n) is 11.0. The lowest BCUT2D eigenvalue weighted by Crippen LogP contribution is -2.33. The number of anilines is 1. The number of urea groups is 1. The summed E-state index contributed by atoms with van der Waals surface area (Å²) in [7, 11) is 0. The maximum absolute atomic E-state index is 12.1. The third kappa shape index (κ3) is 4.13. The Morgan fingerprint density at radius 2 is 2.25 bits per heavy atom. The van der Waals surface area contributed by atoms with Crippen LogP contribution in [0, 0.1) is 5.92 Å². The molecule has 0 aliphatic carbocycles. The topological polar surface area (TPSA) is 69.6 Å². The van der Waals surface area contributed by atoms with Crippen LogP contribution in [0.4, 0.5) is 10.5 Å². The molecular weight excluding hydrogens is 280 g/mol. The monoisotopic (exact) mass is 296 g/mol. The maximum atomic E-state index is 12.1. The van der Waals surface area contributed by atoms with Gasteiger partial charge < -0.3 is 15.3 Å². The molecule has 1 saturated heterocycles. The van der Waals surface area contributed by atoms with E-state index in [4.69, 9.17) is 16.7 Å².